The number of nitrogens with one attached hydrogen (secondary N) is 1. The summed E-state index contributed by atoms with van der Waals surface area (Å²) in [5.41, 5.74) is 4.77. The highest BCUT2D eigenvalue weighted by atomic mass is 15.1. The zero-order chi connectivity index (χ0) is 13.7. The summed E-state index contributed by atoms with van der Waals surface area (Å²) in [5, 5.41) is 3.12. The molecule has 2 rings (SSSR count). The highest BCUT2D eigenvalue weighted by Gasteiger charge is 2.05. The Morgan fingerprint density at radius 2 is 1.84 bits per heavy atom. The van der Waals surface area contributed by atoms with E-state index in [2.05, 4.69) is 59.5 Å². The fourth-order valence-electron chi connectivity index (χ4n) is 2.06. The molecule has 0 aliphatic heterocycles. The van der Waals surface area contributed by atoms with Gasteiger partial charge in [-0.1, -0.05) is 19.1 Å². The van der Waals surface area contributed by atoms with Gasteiger partial charge in [-0.2, -0.15) is 0 Å². The molecule has 19 heavy (non-hydrogen) atoms. The standard InChI is InChI=1S/C16H21N3/c1-4-13-5-7-15(8-6-13)19(3)16-9-10-18-14(11-16)12-17-2/h5-11,17H,4,12H2,1-3H3. The van der Waals surface area contributed by atoms with Crippen LogP contribution in [0.4, 0.5) is 11.4 Å². The predicted octanol–water partition coefficient (Wildman–Crippen LogP) is 3.13. The molecule has 0 atom stereocenters. The normalized spacial score (nSPS) is 10.5. The van der Waals surface area contributed by atoms with Gasteiger partial charge in [-0.15, -0.1) is 0 Å². The van der Waals surface area contributed by atoms with Crippen LogP contribution in [-0.4, -0.2) is 19.1 Å². The van der Waals surface area contributed by atoms with E-state index in [1.54, 1.807) is 0 Å². The number of benzene rings is 1. The van der Waals surface area contributed by atoms with Crippen molar-refractivity contribution < 1.29 is 0 Å². The van der Waals surface area contributed by atoms with Crippen LogP contribution in [-0.2, 0) is 13.0 Å². The molecule has 3 heteroatoms. The second-order valence-electron chi connectivity index (χ2n) is 4.61. The average molecular weight is 255 g/mol. The SMILES string of the molecule is CCc1ccc(N(C)c2ccnc(CNC)c2)cc1. The summed E-state index contributed by atoms with van der Waals surface area (Å²) in [6.45, 7) is 2.96. The van der Waals surface area contributed by atoms with E-state index in [1.165, 1.54) is 11.3 Å². The number of pyridine rings is 1. The lowest BCUT2D eigenvalue weighted by molar-refractivity contribution is 0.791. The minimum atomic E-state index is 0.788. The number of hydrogen-bond donors (Lipinski definition) is 1. The molecule has 3 nitrogen and oxygen atoms in total. The van der Waals surface area contributed by atoms with Crippen molar-refractivity contribution in [2.75, 3.05) is 19.0 Å². The number of rotatable bonds is 5. The molecule has 0 unspecified atom stereocenters. The van der Waals surface area contributed by atoms with Crippen LogP contribution >= 0.6 is 0 Å². The largest absolute Gasteiger partial charge is 0.345 e. The molecule has 0 aliphatic rings. The van der Waals surface area contributed by atoms with Crippen molar-refractivity contribution in [3.8, 4) is 0 Å². The van der Waals surface area contributed by atoms with Gasteiger partial charge in [-0.25, -0.2) is 0 Å². The van der Waals surface area contributed by atoms with Crippen LogP contribution in [0.3, 0.4) is 0 Å². The van der Waals surface area contributed by atoms with Gasteiger partial charge in [-0.05, 0) is 43.3 Å². The van der Waals surface area contributed by atoms with Crippen LogP contribution in [0.25, 0.3) is 0 Å². The molecular formula is C16H21N3. The zero-order valence-electron chi connectivity index (χ0n) is 11.9. The first kappa shape index (κ1) is 13.6. The summed E-state index contributed by atoms with van der Waals surface area (Å²) in [7, 11) is 4.01. The van der Waals surface area contributed by atoms with Crippen LogP contribution in [0.15, 0.2) is 42.6 Å². The van der Waals surface area contributed by atoms with Crippen LogP contribution < -0.4 is 10.2 Å². The topological polar surface area (TPSA) is 28.2 Å². The number of aryl methyl sites for hydroxylation is 1. The molecule has 1 N–H and O–H groups in total. The molecule has 0 fully saturated rings. The minimum absolute atomic E-state index is 0.788. The van der Waals surface area contributed by atoms with E-state index >= 15 is 0 Å². The molecule has 0 spiro atoms. The number of aromatic nitrogens is 1. The highest BCUT2D eigenvalue weighted by Crippen LogP contribution is 2.23. The lowest BCUT2D eigenvalue weighted by Crippen LogP contribution is -2.12. The van der Waals surface area contributed by atoms with Crippen LogP contribution in [0.2, 0.25) is 0 Å². The van der Waals surface area contributed by atoms with Gasteiger partial charge in [-0.3, -0.25) is 4.98 Å². The van der Waals surface area contributed by atoms with E-state index in [1.807, 2.05) is 19.3 Å². The van der Waals surface area contributed by atoms with Gasteiger partial charge < -0.3 is 10.2 Å². The van der Waals surface area contributed by atoms with Gasteiger partial charge in [0, 0.05) is 31.2 Å². The molecule has 0 bridgehead atoms. The van der Waals surface area contributed by atoms with E-state index in [0.29, 0.717) is 0 Å². The molecule has 100 valence electrons. The van der Waals surface area contributed by atoms with Crippen molar-refractivity contribution in [3.05, 3.63) is 53.9 Å². The van der Waals surface area contributed by atoms with Crippen molar-refractivity contribution in [2.45, 2.75) is 19.9 Å². The predicted molar refractivity (Wildman–Crippen MR) is 80.9 cm³/mol. The Hall–Kier alpha value is -1.87. The lowest BCUT2D eigenvalue weighted by Gasteiger charge is -2.20. The summed E-state index contributed by atoms with van der Waals surface area (Å²) in [6.07, 6.45) is 2.94. The van der Waals surface area contributed by atoms with Gasteiger partial charge in [0.1, 0.15) is 0 Å². The Labute approximate surface area is 115 Å². The molecule has 0 amide bonds. The van der Waals surface area contributed by atoms with E-state index < -0.39 is 0 Å². The molecule has 2 aromatic rings. The van der Waals surface area contributed by atoms with Gasteiger partial charge in [0.25, 0.3) is 0 Å². The third-order valence-electron chi connectivity index (χ3n) is 3.28. The molecule has 0 saturated heterocycles. The molecule has 1 aromatic heterocycles. The van der Waals surface area contributed by atoms with Gasteiger partial charge in [0.05, 0.1) is 5.69 Å². The molecule has 1 aromatic carbocycles. The minimum Gasteiger partial charge on any atom is -0.345 e. The quantitative estimate of drug-likeness (QED) is 0.889. The lowest BCUT2D eigenvalue weighted by atomic mass is 10.1. The van der Waals surface area contributed by atoms with Crippen molar-refractivity contribution in [3.63, 3.8) is 0 Å². The molecule has 1 heterocycles. The fourth-order valence-corrected chi connectivity index (χ4v) is 2.06. The van der Waals surface area contributed by atoms with Crippen molar-refractivity contribution >= 4 is 11.4 Å². The molecular weight excluding hydrogens is 234 g/mol. The maximum atomic E-state index is 4.34. The van der Waals surface area contributed by atoms with Crippen molar-refractivity contribution in [2.24, 2.45) is 0 Å². The molecule has 0 radical (unpaired) electrons. The van der Waals surface area contributed by atoms with Crippen LogP contribution in [0.5, 0.6) is 0 Å². The van der Waals surface area contributed by atoms with Crippen molar-refractivity contribution in [1.82, 2.24) is 10.3 Å². The van der Waals surface area contributed by atoms with E-state index in [-0.39, 0.29) is 0 Å². The first-order valence-corrected chi connectivity index (χ1v) is 6.66. The Bertz CT molecular complexity index is 520. The zero-order valence-corrected chi connectivity index (χ0v) is 11.9. The monoisotopic (exact) mass is 255 g/mol. The first-order valence-electron chi connectivity index (χ1n) is 6.66. The summed E-state index contributed by atoms with van der Waals surface area (Å²) in [6, 6.07) is 12.8. The third-order valence-corrected chi connectivity index (χ3v) is 3.28. The number of nitrogens with zero attached hydrogens (tertiary/aromatic N) is 2. The molecule has 0 aliphatic carbocycles. The smallest absolute Gasteiger partial charge is 0.0562 e. The van der Waals surface area contributed by atoms with E-state index in [0.717, 1.165) is 24.3 Å². The Morgan fingerprint density at radius 1 is 1.11 bits per heavy atom. The Kier molecular flexibility index (Phi) is 4.53. The van der Waals surface area contributed by atoms with Crippen molar-refractivity contribution in [1.29, 1.82) is 0 Å². The third kappa shape index (κ3) is 3.32. The van der Waals surface area contributed by atoms with Crippen LogP contribution in [0.1, 0.15) is 18.2 Å². The second kappa shape index (κ2) is 6.34. The van der Waals surface area contributed by atoms with Crippen LogP contribution in [0, 0.1) is 0 Å². The van der Waals surface area contributed by atoms with Gasteiger partial charge >= 0.3 is 0 Å². The fraction of sp³-hybridized carbons (Fsp3) is 0.312. The number of hydrogen-bond acceptors (Lipinski definition) is 3. The summed E-state index contributed by atoms with van der Waals surface area (Å²) >= 11 is 0. The van der Waals surface area contributed by atoms with Gasteiger partial charge in [0.2, 0.25) is 0 Å². The highest BCUT2D eigenvalue weighted by molar-refractivity contribution is 5.62. The molecule has 0 saturated carbocycles. The summed E-state index contributed by atoms with van der Waals surface area (Å²) in [5.74, 6) is 0. The maximum Gasteiger partial charge on any atom is 0.0562 e. The van der Waals surface area contributed by atoms with E-state index in [9.17, 15) is 0 Å². The Balaban J connectivity index is 2.22. The van der Waals surface area contributed by atoms with E-state index in [4.69, 9.17) is 0 Å². The average Bonchev–Trinajstić information content (AvgIpc) is 2.47. The summed E-state index contributed by atoms with van der Waals surface area (Å²) < 4.78 is 0. The second-order valence-corrected chi connectivity index (χ2v) is 4.61. The first-order chi connectivity index (χ1) is 9.24. The van der Waals surface area contributed by atoms with Gasteiger partial charge in [0.15, 0.2) is 0 Å². The maximum absolute atomic E-state index is 4.34. The Morgan fingerprint density at radius 3 is 2.47 bits per heavy atom. The number of anilines is 2. The summed E-state index contributed by atoms with van der Waals surface area (Å²) in [4.78, 5) is 6.52.